The quantitative estimate of drug-likeness (QED) is 0.358. The molecule has 1 amide bonds. The van der Waals surface area contributed by atoms with Gasteiger partial charge < -0.3 is 19.1 Å². The van der Waals surface area contributed by atoms with E-state index in [9.17, 15) is 14.4 Å². The second kappa shape index (κ2) is 10.5. The maximum Gasteiger partial charge on any atom is 0.339 e. The maximum atomic E-state index is 12.7. The lowest BCUT2D eigenvalue weighted by Crippen LogP contribution is -2.29. The van der Waals surface area contributed by atoms with Gasteiger partial charge in [0.25, 0.3) is 0 Å². The molecule has 0 N–H and O–H groups in total. The molecule has 0 aliphatic carbocycles. The minimum Gasteiger partial charge on any atom is -0.490 e. The van der Waals surface area contributed by atoms with Gasteiger partial charge in [-0.1, -0.05) is 12.1 Å². The SMILES string of the molecule is O=C(COC(=O)c1ccccc1SCC(=O)N1CCCC1)c1ccc2c(c1)OCCCO2. The Bertz CT molecular complexity index is 1000. The number of nitrogens with zero attached hydrogens (tertiary/aromatic N) is 1. The molecule has 2 aromatic rings. The Labute approximate surface area is 191 Å². The van der Waals surface area contributed by atoms with E-state index in [1.54, 1.807) is 36.4 Å². The molecule has 7 nitrogen and oxygen atoms in total. The Kier molecular flexibility index (Phi) is 7.32. The summed E-state index contributed by atoms with van der Waals surface area (Å²) in [6.45, 7) is 2.30. The average molecular weight is 456 g/mol. The molecule has 0 unspecified atom stereocenters. The molecule has 4 rings (SSSR count). The molecule has 1 saturated heterocycles. The highest BCUT2D eigenvalue weighted by atomic mass is 32.2. The third-order valence-corrected chi connectivity index (χ3v) is 6.38. The molecule has 8 heteroatoms. The highest BCUT2D eigenvalue weighted by Gasteiger charge is 2.21. The van der Waals surface area contributed by atoms with Crippen LogP contribution in [0.5, 0.6) is 11.5 Å². The number of esters is 1. The van der Waals surface area contributed by atoms with E-state index in [0.717, 1.165) is 32.4 Å². The van der Waals surface area contributed by atoms with Gasteiger partial charge in [0, 0.05) is 30.0 Å². The van der Waals surface area contributed by atoms with Gasteiger partial charge in [-0.2, -0.15) is 0 Å². The van der Waals surface area contributed by atoms with Gasteiger partial charge in [-0.05, 0) is 43.2 Å². The van der Waals surface area contributed by atoms with Crippen LogP contribution in [0.25, 0.3) is 0 Å². The van der Waals surface area contributed by atoms with Crippen LogP contribution in [0.2, 0.25) is 0 Å². The van der Waals surface area contributed by atoms with Crippen molar-refractivity contribution in [3.8, 4) is 11.5 Å². The van der Waals surface area contributed by atoms with E-state index in [0.29, 0.717) is 40.7 Å². The summed E-state index contributed by atoms with van der Waals surface area (Å²) in [5.41, 5.74) is 0.735. The average Bonchev–Trinajstić information content (AvgIpc) is 3.26. The summed E-state index contributed by atoms with van der Waals surface area (Å²) in [7, 11) is 0. The van der Waals surface area contributed by atoms with Crippen LogP contribution in [0.1, 0.15) is 40.0 Å². The van der Waals surface area contributed by atoms with Gasteiger partial charge >= 0.3 is 5.97 Å². The van der Waals surface area contributed by atoms with E-state index < -0.39 is 5.97 Å². The topological polar surface area (TPSA) is 82.1 Å². The van der Waals surface area contributed by atoms with E-state index in [1.807, 2.05) is 11.0 Å². The van der Waals surface area contributed by atoms with Crippen LogP contribution in [0, 0.1) is 0 Å². The predicted molar refractivity (Wildman–Crippen MR) is 120 cm³/mol. The number of likely N-dealkylation sites (tertiary alicyclic amines) is 1. The van der Waals surface area contributed by atoms with Crippen LogP contribution < -0.4 is 9.47 Å². The van der Waals surface area contributed by atoms with E-state index in [-0.39, 0.29) is 24.1 Å². The van der Waals surface area contributed by atoms with Gasteiger partial charge in [-0.25, -0.2) is 4.79 Å². The molecule has 168 valence electrons. The number of rotatable bonds is 7. The Morgan fingerprint density at radius 3 is 2.50 bits per heavy atom. The maximum absolute atomic E-state index is 12.7. The normalized spacial score (nSPS) is 15.2. The van der Waals surface area contributed by atoms with E-state index in [4.69, 9.17) is 14.2 Å². The number of amides is 1. The summed E-state index contributed by atoms with van der Waals surface area (Å²) in [5.74, 6) is 0.531. The molecule has 0 spiro atoms. The molecule has 0 aromatic heterocycles. The molecule has 0 bridgehead atoms. The Morgan fingerprint density at radius 2 is 1.69 bits per heavy atom. The molecule has 2 aliphatic rings. The second-order valence-electron chi connectivity index (χ2n) is 7.58. The zero-order valence-corrected chi connectivity index (χ0v) is 18.5. The minimum absolute atomic E-state index is 0.0697. The molecule has 1 fully saturated rings. The largest absolute Gasteiger partial charge is 0.490 e. The van der Waals surface area contributed by atoms with Crippen molar-refractivity contribution in [1.29, 1.82) is 0 Å². The molecule has 2 aliphatic heterocycles. The smallest absolute Gasteiger partial charge is 0.339 e. The summed E-state index contributed by atoms with van der Waals surface area (Å²) < 4.78 is 16.5. The fourth-order valence-corrected chi connectivity index (χ4v) is 4.53. The lowest BCUT2D eigenvalue weighted by molar-refractivity contribution is -0.127. The van der Waals surface area contributed by atoms with E-state index in [1.165, 1.54) is 11.8 Å². The van der Waals surface area contributed by atoms with Crippen molar-refractivity contribution >= 4 is 29.4 Å². The van der Waals surface area contributed by atoms with Gasteiger partial charge in [0.05, 0.1) is 24.5 Å². The van der Waals surface area contributed by atoms with Crippen molar-refractivity contribution in [2.75, 3.05) is 38.7 Å². The molecule has 2 aromatic carbocycles. The summed E-state index contributed by atoms with van der Waals surface area (Å²) in [4.78, 5) is 40.1. The number of benzene rings is 2. The van der Waals surface area contributed by atoms with Crippen LogP contribution in [0.4, 0.5) is 0 Å². The highest BCUT2D eigenvalue weighted by Crippen LogP contribution is 2.30. The Morgan fingerprint density at radius 1 is 0.938 bits per heavy atom. The minimum atomic E-state index is -0.593. The summed E-state index contributed by atoms with van der Waals surface area (Å²) in [5, 5.41) is 0. The third-order valence-electron chi connectivity index (χ3n) is 5.32. The number of Topliss-reactive ketones (excluding diaryl/α,β-unsaturated/α-hetero) is 1. The number of ether oxygens (including phenoxy) is 3. The first-order valence-electron chi connectivity index (χ1n) is 10.7. The monoisotopic (exact) mass is 455 g/mol. The number of fused-ring (bicyclic) bond motifs is 1. The molecular weight excluding hydrogens is 430 g/mol. The molecule has 2 heterocycles. The third kappa shape index (κ3) is 5.43. The van der Waals surface area contributed by atoms with Crippen molar-refractivity contribution in [3.63, 3.8) is 0 Å². The van der Waals surface area contributed by atoms with Crippen LogP contribution >= 0.6 is 11.8 Å². The highest BCUT2D eigenvalue weighted by molar-refractivity contribution is 8.00. The molecule has 0 atom stereocenters. The second-order valence-corrected chi connectivity index (χ2v) is 8.60. The van der Waals surface area contributed by atoms with Crippen LogP contribution in [0.15, 0.2) is 47.4 Å². The van der Waals surface area contributed by atoms with Crippen molar-refractivity contribution < 1.29 is 28.6 Å². The van der Waals surface area contributed by atoms with Gasteiger partial charge in [-0.3, -0.25) is 9.59 Å². The van der Waals surface area contributed by atoms with E-state index >= 15 is 0 Å². The van der Waals surface area contributed by atoms with Gasteiger partial charge in [0.15, 0.2) is 23.9 Å². The number of ketones is 1. The Balaban J connectivity index is 1.35. The lowest BCUT2D eigenvalue weighted by atomic mass is 10.1. The summed E-state index contributed by atoms with van der Waals surface area (Å²) >= 11 is 1.31. The Hall–Kier alpha value is -3.00. The number of thioether (sulfide) groups is 1. The first-order chi connectivity index (χ1) is 15.6. The number of hydrogen-bond donors (Lipinski definition) is 0. The summed E-state index contributed by atoms with van der Waals surface area (Å²) in [6.07, 6.45) is 2.85. The molecule has 0 radical (unpaired) electrons. The first kappa shape index (κ1) is 22.2. The number of hydrogen-bond acceptors (Lipinski definition) is 7. The first-order valence-corrected chi connectivity index (χ1v) is 11.7. The van der Waals surface area contributed by atoms with Crippen LogP contribution in [-0.4, -0.2) is 61.2 Å². The standard InChI is InChI=1S/C24H25NO6S/c26-19(17-8-9-20-21(14-17)30-13-5-12-29-20)15-31-24(28)18-6-1-2-7-22(18)32-16-23(27)25-10-3-4-11-25/h1-2,6-9,14H,3-5,10-13,15-16H2. The molecule has 0 saturated carbocycles. The van der Waals surface area contributed by atoms with E-state index in [2.05, 4.69) is 0 Å². The van der Waals surface area contributed by atoms with Gasteiger partial charge in [-0.15, -0.1) is 11.8 Å². The number of carbonyl (C=O) groups is 3. The van der Waals surface area contributed by atoms with Crippen LogP contribution in [-0.2, 0) is 9.53 Å². The fourth-order valence-electron chi connectivity index (χ4n) is 3.59. The lowest BCUT2D eigenvalue weighted by Gasteiger charge is -2.15. The predicted octanol–water partition coefficient (Wildman–Crippen LogP) is 3.60. The van der Waals surface area contributed by atoms with Crippen molar-refractivity contribution in [1.82, 2.24) is 4.90 Å². The molecular formula is C24H25NO6S. The van der Waals surface area contributed by atoms with Crippen molar-refractivity contribution in [2.45, 2.75) is 24.2 Å². The van der Waals surface area contributed by atoms with Crippen molar-refractivity contribution in [2.24, 2.45) is 0 Å². The summed E-state index contributed by atoms with van der Waals surface area (Å²) in [6, 6.07) is 11.9. The van der Waals surface area contributed by atoms with Gasteiger partial charge in [0.1, 0.15) is 0 Å². The fraction of sp³-hybridized carbons (Fsp3) is 0.375. The molecule has 32 heavy (non-hydrogen) atoms. The van der Waals surface area contributed by atoms with Crippen LogP contribution in [0.3, 0.4) is 0 Å². The number of carbonyl (C=O) groups excluding carboxylic acids is 3. The zero-order chi connectivity index (χ0) is 22.3. The van der Waals surface area contributed by atoms with Crippen molar-refractivity contribution in [3.05, 3.63) is 53.6 Å². The zero-order valence-electron chi connectivity index (χ0n) is 17.7. The van der Waals surface area contributed by atoms with Gasteiger partial charge in [0.2, 0.25) is 5.91 Å².